The Bertz CT molecular complexity index is 1070. The second kappa shape index (κ2) is 9.57. The van der Waals surface area contributed by atoms with Crippen molar-refractivity contribution in [2.24, 2.45) is 0 Å². The topological polar surface area (TPSA) is 112 Å². The molecule has 0 saturated heterocycles. The van der Waals surface area contributed by atoms with E-state index in [1.165, 1.54) is 0 Å². The number of thioether (sulfide) groups is 1. The lowest BCUT2D eigenvalue weighted by Crippen LogP contribution is -1.98. The first-order valence-electron chi connectivity index (χ1n) is 8.84. The number of aromatic amines is 1. The Kier molecular flexibility index (Phi) is 6.66. The smallest absolute Gasteiger partial charge is 0.342 e. The minimum Gasteiger partial charge on any atom is -0.489 e. The van der Waals surface area contributed by atoms with E-state index < -0.39 is 5.97 Å². The summed E-state index contributed by atoms with van der Waals surface area (Å²) in [5, 5.41) is 25.7. The Balaban J connectivity index is 1.69. The van der Waals surface area contributed by atoms with Crippen LogP contribution in [0.1, 0.15) is 29.4 Å². The van der Waals surface area contributed by atoms with E-state index in [0.717, 1.165) is 17.3 Å². The summed E-state index contributed by atoms with van der Waals surface area (Å²) in [5.74, 6) is 0.281. The van der Waals surface area contributed by atoms with Crippen LogP contribution in [0.15, 0.2) is 58.6 Å². The molecule has 2 aromatic carbocycles. The van der Waals surface area contributed by atoms with Crippen LogP contribution in [0.2, 0.25) is 0 Å². The van der Waals surface area contributed by atoms with E-state index in [1.54, 1.807) is 36.4 Å². The molecule has 146 valence electrons. The van der Waals surface area contributed by atoms with Crippen molar-refractivity contribution in [3.05, 3.63) is 76.0 Å². The van der Waals surface area contributed by atoms with Gasteiger partial charge in [0.1, 0.15) is 23.1 Å². The van der Waals surface area contributed by atoms with Crippen LogP contribution < -0.4 is 4.74 Å². The number of aryl methyl sites for hydroxylation is 1. The number of hydrogen-bond donors (Lipinski definition) is 2. The Morgan fingerprint density at radius 2 is 2.03 bits per heavy atom. The highest BCUT2D eigenvalue weighted by Crippen LogP contribution is 2.26. The number of hydrogen-bond acceptors (Lipinski definition) is 6. The summed E-state index contributed by atoms with van der Waals surface area (Å²) in [7, 11) is 0. The maximum atomic E-state index is 11.6. The normalized spacial score (nSPS) is 11.1. The SMILES string of the molecule is CCc1nc(S/C(=C\c2ccc(OCc3ccccc3C#N)cc2)C(=O)O)n[nH]1. The summed E-state index contributed by atoms with van der Waals surface area (Å²) in [6.07, 6.45) is 2.25. The van der Waals surface area contributed by atoms with Crippen LogP contribution in [-0.2, 0) is 17.8 Å². The number of ether oxygens (including phenoxy) is 1. The standard InChI is InChI=1S/C21H18N4O3S/c1-2-19-23-21(25-24-19)29-18(20(26)27)11-14-7-9-17(10-8-14)28-13-16-6-4-3-5-15(16)12-22/h3-11H,2,13H2,1H3,(H,26,27)(H,23,24,25)/b18-11-. The Morgan fingerprint density at radius 3 is 2.69 bits per heavy atom. The van der Waals surface area contributed by atoms with Gasteiger partial charge in [-0.15, -0.1) is 5.10 Å². The number of aliphatic carboxylic acids is 1. The average molecular weight is 406 g/mol. The van der Waals surface area contributed by atoms with E-state index >= 15 is 0 Å². The number of carboxylic acid groups (broad SMARTS) is 1. The van der Waals surface area contributed by atoms with Crippen molar-refractivity contribution in [3.63, 3.8) is 0 Å². The van der Waals surface area contributed by atoms with Crippen molar-refractivity contribution in [1.82, 2.24) is 15.2 Å². The van der Waals surface area contributed by atoms with Crippen molar-refractivity contribution in [3.8, 4) is 11.8 Å². The van der Waals surface area contributed by atoms with Crippen LogP contribution in [0.5, 0.6) is 5.75 Å². The van der Waals surface area contributed by atoms with E-state index in [0.29, 0.717) is 34.3 Å². The molecule has 0 aliphatic carbocycles. The lowest BCUT2D eigenvalue weighted by molar-refractivity contribution is -0.131. The summed E-state index contributed by atoms with van der Waals surface area (Å²) >= 11 is 0.990. The summed E-state index contributed by atoms with van der Waals surface area (Å²) in [6.45, 7) is 2.21. The molecule has 0 amide bonds. The zero-order valence-corrected chi connectivity index (χ0v) is 16.4. The number of benzene rings is 2. The van der Waals surface area contributed by atoms with Gasteiger partial charge in [0.05, 0.1) is 11.6 Å². The van der Waals surface area contributed by atoms with E-state index in [-0.39, 0.29) is 11.5 Å². The lowest BCUT2D eigenvalue weighted by atomic mass is 10.1. The first-order chi connectivity index (χ1) is 14.1. The molecule has 0 saturated carbocycles. The maximum Gasteiger partial charge on any atom is 0.342 e. The van der Waals surface area contributed by atoms with Crippen molar-refractivity contribution >= 4 is 23.8 Å². The van der Waals surface area contributed by atoms with Crippen molar-refractivity contribution in [2.75, 3.05) is 0 Å². The predicted molar refractivity (Wildman–Crippen MR) is 109 cm³/mol. The number of H-pyrrole nitrogens is 1. The fourth-order valence-corrected chi connectivity index (χ4v) is 3.17. The molecule has 0 bridgehead atoms. The van der Waals surface area contributed by atoms with Gasteiger partial charge in [0.2, 0.25) is 5.16 Å². The molecule has 0 spiro atoms. The predicted octanol–water partition coefficient (Wildman–Crippen LogP) is 4.04. The van der Waals surface area contributed by atoms with Gasteiger partial charge in [-0.05, 0) is 41.6 Å². The molecule has 2 N–H and O–H groups in total. The third-order valence-corrected chi connectivity index (χ3v) is 4.85. The van der Waals surface area contributed by atoms with Gasteiger partial charge in [0.15, 0.2) is 0 Å². The average Bonchev–Trinajstić information content (AvgIpc) is 3.20. The van der Waals surface area contributed by atoms with Gasteiger partial charge in [-0.1, -0.05) is 37.3 Å². The maximum absolute atomic E-state index is 11.6. The van der Waals surface area contributed by atoms with Gasteiger partial charge >= 0.3 is 5.97 Å². The highest BCUT2D eigenvalue weighted by Gasteiger charge is 2.13. The number of nitrogens with one attached hydrogen (secondary N) is 1. The fraction of sp³-hybridized carbons (Fsp3) is 0.143. The van der Waals surface area contributed by atoms with Crippen LogP contribution in [0, 0.1) is 11.3 Å². The zero-order chi connectivity index (χ0) is 20.6. The molecule has 3 rings (SSSR count). The molecule has 7 nitrogen and oxygen atoms in total. The summed E-state index contributed by atoms with van der Waals surface area (Å²) in [6, 6.07) is 16.4. The number of nitrogens with zero attached hydrogens (tertiary/aromatic N) is 3. The molecule has 0 fully saturated rings. The molecule has 0 unspecified atom stereocenters. The number of carbonyl (C=O) groups is 1. The second-order valence-corrected chi connectivity index (χ2v) is 6.97. The molecule has 1 aromatic heterocycles. The van der Waals surface area contributed by atoms with Gasteiger partial charge in [-0.2, -0.15) is 5.26 Å². The number of rotatable bonds is 8. The third kappa shape index (κ3) is 5.46. The molecule has 8 heteroatoms. The Morgan fingerprint density at radius 1 is 1.28 bits per heavy atom. The monoisotopic (exact) mass is 406 g/mol. The highest BCUT2D eigenvalue weighted by molar-refractivity contribution is 8.04. The third-order valence-electron chi connectivity index (χ3n) is 3.97. The number of aromatic nitrogens is 3. The van der Waals surface area contributed by atoms with Crippen LogP contribution in [0.3, 0.4) is 0 Å². The molecule has 0 aliphatic rings. The quantitative estimate of drug-likeness (QED) is 0.429. The van der Waals surface area contributed by atoms with E-state index in [9.17, 15) is 9.90 Å². The molecule has 0 atom stereocenters. The molecule has 1 heterocycles. The van der Waals surface area contributed by atoms with E-state index in [2.05, 4.69) is 21.3 Å². The first-order valence-corrected chi connectivity index (χ1v) is 9.65. The number of nitriles is 1. The van der Waals surface area contributed by atoms with Gasteiger partial charge in [-0.3, -0.25) is 5.10 Å². The van der Waals surface area contributed by atoms with Gasteiger partial charge < -0.3 is 9.84 Å². The minimum absolute atomic E-state index is 0.114. The molecule has 0 aliphatic heterocycles. The highest BCUT2D eigenvalue weighted by atomic mass is 32.2. The molecular weight excluding hydrogens is 388 g/mol. The van der Waals surface area contributed by atoms with Gasteiger partial charge in [-0.25, -0.2) is 9.78 Å². The lowest BCUT2D eigenvalue weighted by Gasteiger charge is -2.08. The molecular formula is C21H18N4O3S. The van der Waals surface area contributed by atoms with Gasteiger partial charge in [0, 0.05) is 12.0 Å². The Labute approximate surface area is 172 Å². The van der Waals surface area contributed by atoms with E-state index in [4.69, 9.17) is 10.00 Å². The van der Waals surface area contributed by atoms with Crippen LogP contribution >= 0.6 is 11.8 Å². The fourth-order valence-electron chi connectivity index (χ4n) is 2.44. The molecule has 3 aromatic rings. The Hall–Kier alpha value is -3.57. The zero-order valence-electron chi connectivity index (χ0n) is 15.6. The number of carboxylic acids is 1. The molecule has 0 radical (unpaired) electrons. The first kappa shape index (κ1) is 20.2. The minimum atomic E-state index is -1.05. The van der Waals surface area contributed by atoms with Crippen molar-refractivity contribution in [2.45, 2.75) is 25.1 Å². The molecule has 29 heavy (non-hydrogen) atoms. The summed E-state index contributed by atoms with van der Waals surface area (Å²) < 4.78 is 5.74. The van der Waals surface area contributed by atoms with Crippen molar-refractivity contribution in [1.29, 1.82) is 5.26 Å². The summed E-state index contributed by atoms with van der Waals surface area (Å²) in [5.41, 5.74) is 2.10. The second-order valence-electron chi connectivity index (χ2n) is 5.96. The largest absolute Gasteiger partial charge is 0.489 e. The van der Waals surface area contributed by atoms with Gasteiger partial charge in [0.25, 0.3) is 0 Å². The van der Waals surface area contributed by atoms with Crippen LogP contribution in [0.4, 0.5) is 0 Å². The van der Waals surface area contributed by atoms with Crippen LogP contribution in [0.25, 0.3) is 6.08 Å². The van der Waals surface area contributed by atoms with E-state index in [1.807, 2.05) is 25.1 Å². The summed E-state index contributed by atoms with van der Waals surface area (Å²) in [4.78, 5) is 15.9. The van der Waals surface area contributed by atoms with Crippen molar-refractivity contribution < 1.29 is 14.6 Å². The van der Waals surface area contributed by atoms with Crippen LogP contribution in [-0.4, -0.2) is 26.3 Å².